The van der Waals surface area contributed by atoms with Crippen molar-refractivity contribution in [3.63, 3.8) is 0 Å². The first kappa shape index (κ1) is 19.0. The summed E-state index contributed by atoms with van der Waals surface area (Å²) in [5.41, 5.74) is 1.96. The van der Waals surface area contributed by atoms with Crippen LogP contribution in [0.1, 0.15) is 23.2 Å². The van der Waals surface area contributed by atoms with Gasteiger partial charge in [0.25, 0.3) is 5.91 Å². The average molecular weight is 420 g/mol. The lowest BCUT2D eigenvalue weighted by Crippen LogP contribution is -2.41. The van der Waals surface area contributed by atoms with Crippen molar-refractivity contribution in [2.45, 2.75) is 12.8 Å². The predicted octanol–water partition coefficient (Wildman–Crippen LogP) is 1.88. The fourth-order valence-electron chi connectivity index (χ4n) is 3.81. The van der Waals surface area contributed by atoms with Crippen molar-refractivity contribution in [3.05, 3.63) is 54.4 Å². The van der Waals surface area contributed by atoms with Gasteiger partial charge in [-0.1, -0.05) is 6.07 Å². The monoisotopic (exact) mass is 420 g/mol. The molecule has 158 valence electrons. The van der Waals surface area contributed by atoms with Gasteiger partial charge >= 0.3 is 0 Å². The summed E-state index contributed by atoms with van der Waals surface area (Å²) in [4.78, 5) is 27.4. The Morgan fingerprint density at radius 1 is 1.03 bits per heavy atom. The Morgan fingerprint density at radius 2 is 1.87 bits per heavy atom. The fraction of sp³-hybridized carbons (Fsp3) is 0.286. The number of hydrogen-bond acceptors (Lipinski definition) is 7. The van der Waals surface area contributed by atoms with E-state index in [0.717, 1.165) is 0 Å². The number of rotatable bonds is 4. The van der Waals surface area contributed by atoms with E-state index in [1.807, 2.05) is 6.07 Å². The Morgan fingerprint density at radius 3 is 2.68 bits per heavy atom. The summed E-state index contributed by atoms with van der Waals surface area (Å²) in [5, 5.41) is 14.0. The second-order valence-electron chi connectivity index (χ2n) is 7.43. The number of likely N-dealkylation sites (tertiary alicyclic amines) is 1. The van der Waals surface area contributed by atoms with Gasteiger partial charge in [0, 0.05) is 36.3 Å². The number of fused-ring (bicyclic) bond motifs is 1. The predicted molar refractivity (Wildman–Crippen MR) is 109 cm³/mol. The zero-order valence-corrected chi connectivity index (χ0v) is 16.6. The lowest BCUT2D eigenvalue weighted by molar-refractivity contribution is -0.121. The molecule has 10 heteroatoms. The van der Waals surface area contributed by atoms with Gasteiger partial charge < -0.3 is 19.7 Å². The largest absolute Gasteiger partial charge is 0.454 e. The van der Waals surface area contributed by atoms with Crippen molar-refractivity contribution in [1.82, 2.24) is 25.1 Å². The molecule has 31 heavy (non-hydrogen) atoms. The topological polar surface area (TPSA) is 111 Å². The molecule has 0 unspecified atom stereocenters. The lowest BCUT2D eigenvalue weighted by Gasteiger charge is -2.31. The Balaban J connectivity index is 1.19. The normalized spacial score (nSPS) is 15.7. The van der Waals surface area contributed by atoms with Crippen molar-refractivity contribution in [2.75, 3.05) is 25.2 Å². The van der Waals surface area contributed by atoms with Gasteiger partial charge in [0.1, 0.15) is 6.33 Å². The van der Waals surface area contributed by atoms with Gasteiger partial charge in [0.15, 0.2) is 11.5 Å². The van der Waals surface area contributed by atoms with Crippen LogP contribution in [0.5, 0.6) is 11.5 Å². The maximum atomic E-state index is 12.9. The number of amides is 2. The number of ether oxygens (including phenoxy) is 2. The molecular formula is C21H20N6O4. The van der Waals surface area contributed by atoms with Crippen molar-refractivity contribution < 1.29 is 19.1 Å². The molecule has 1 saturated heterocycles. The standard InChI is InChI=1S/C21H20N6O4/c28-20(23-16-4-5-18-19(11-16)31-13-30-18)14-6-8-26(9-7-14)21(29)15-2-1-3-17(10-15)27-12-22-24-25-27/h1-5,10-12,14H,6-9,13H2,(H,23,28). The Hall–Kier alpha value is -3.95. The number of nitrogens with one attached hydrogen (secondary N) is 1. The lowest BCUT2D eigenvalue weighted by atomic mass is 9.95. The van der Waals surface area contributed by atoms with Gasteiger partial charge in [0.05, 0.1) is 5.69 Å². The molecule has 0 aliphatic carbocycles. The molecule has 10 nitrogen and oxygen atoms in total. The molecule has 0 saturated carbocycles. The fourth-order valence-corrected chi connectivity index (χ4v) is 3.81. The van der Waals surface area contributed by atoms with E-state index >= 15 is 0 Å². The highest BCUT2D eigenvalue weighted by Gasteiger charge is 2.28. The number of tetrazole rings is 1. The highest BCUT2D eigenvalue weighted by Crippen LogP contribution is 2.34. The number of carbonyl (C=O) groups is 2. The number of hydrogen-bond donors (Lipinski definition) is 1. The van der Waals surface area contributed by atoms with E-state index in [1.54, 1.807) is 41.3 Å². The van der Waals surface area contributed by atoms with E-state index in [0.29, 0.717) is 54.4 Å². The summed E-state index contributed by atoms with van der Waals surface area (Å²) in [7, 11) is 0. The second-order valence-corrected chi connectivity index (χ2v) is 7.43. The molecular weight excluding hydrogens is 400 g/mol. The highest BCUT2D eigenvalue weighted by molar-refractivity contribution is 5.96. The average Bonchev–Trinajstić information content (AvgIpc) is 3.51. The Labute approximate surface area is 177 Å². The van der Waals surface area contributed by atoms with E-state index in [4.69, 9.17) is 9.47 Å². The first-order valence-electron chi connectivity index (χ1n) is 10.0. The third kappa shape index (κ3) is 3.91. The minimum atomic E-state index is -0.151. The van der Waals surface area contributed by atoms with Gasteiger partial charge in [-0.25, -0.2) is 4.68 Å². The second kappa shape index (κ2) is 8.05. The minimum absolute atomic E-state index is 0.0494. The molecule has 0 spiro atoms. The van der Waals surface area contributed by atoms with Gasteiger partial charge in [0.2, 0.25) is 12.7 Å². The van der Waals surface area contributed by atoms with E-state index in [1.165, 1.54) is 11.0 Å². The van der Waals surface area contributed by atoms with Gasteiger partial charge in [-0.2, -0.15) is 0 Å². The van der Waals surface area contributed by atoms with Crippen LogP contribution < -0.4 is 14.8 Å². The number of anilines is 1. The molecule has 2 aliphatic heterocycles. The van der Waals surface area contributed by atoms with Crippen LogP contribution in [0.15, 0.2) is 48.8 Å². The Kier molecular flexibility index (Phi) is 4.95. The van der Waals surface area contributed by atoms with Crippen molar-refractivity contribution in [1.29, 1.82) is 0 Å². The van der Waals surface area contributed by atoms with Crippen LogP contribution in [0.3, 0.4) is 0 Å². The third-order valence-electron chi connectivity index (χ3n) is 5.50. The summed E-state index contributed by atoms with van der Waals surface area (Å²) in [6.07, 6.45) is 2.69. The van der Waals surface area contributed by atoms with Gasteiger partial charge in [-0.05, 0) is 53.6 Å². The molecule has 2 amide bonds. The number of nitrogens with zero attached hydrogens (tertiary/aromatic N) is 5. The zero-order valence-electron chi connectivity index (χ0n) is 16.6. The van der Waals surface area contributed by atoms with Crippen LogP contribution in [-0.2, 0) is 4.79 Å². The SMILES string of the molecule is O=C(Nc1ccc2c(c1)OCO2)C1CCN(C(=O)c2cccc(-n3cnnn3)c2)CC1. The zero-order chi connectivity index (χ0) is 21.2. The third-order valence-corrected chi connectivity index (χ3v) is 5.50. The summed E-state index contributed by atoms with van der Waals surface area (Å²) in [6.45, 7) is 1.23. The van der Waals surface area contributed by atoms with Crippen molar-refractivity contribution in [3.8, 4) is 17.2 Å². The van der Waals surface area contributed by atoms with Crippen LogP contribution in [0.2, 0.25) is 0 Å². The Bertz CT molecular complexity index is 1110. The summed E-state index contributed by atoms with van der Waals surface area (Å²) in [6, 6.07) is 12.5. The first-order valence-corrected chi connectivity index (χ1v) is 10.0. The van der Waals surface area contributed by atoms with E-state index in [9.17, 15) is 9.59 Å². The van der Waals surface area contributed by atoms with Crippen LogP contribution in [0.25, 0.3) is 5.69 Å². The molecule has 2 aliphatic rings. The summed E-state index contributed by atoms with van der Waals surface area (Å²) in [5.74, 6) is 1.04. The molecule has 3 aromatic rings. The number of piperidine rings is 1. The van der Waals surface area contributed by atoms with Gasteiger partial charge in [-0.15, -0.1) is 5.10 Å². The summed E-state index contributed by atoms with van der Waals surface area (Å²) < 4.78 is 12.1. The molecule has 1 N–H and O–H groups in total. The minimum Gasteiger partial charge on any atom is -0.454 e. The smallest absolute Gasteiger partial charge is 0.253 e. The van der Waals surface area contributed by atoms with Crippen molar-refractivity contribution in [2.24, 2.45) is 5.92 Å². The number of benzene rings is 2. The molecule has 0 radical (unpaired) electrons. The number of aromatic nitrogens is 4. The molecule has 3 heterocycles. The molecule has 1 fully saturated rings. The van der Waals surface area contributed by atoms with Crippen LogP contribution in [0, 0.1) is 5.92 Å². The molecule has 0 bridgehead atoms. The number of carbonyl (C=O) groups excluding carboxylic acids is 2. The molecule has 5 rings (SSSR count). The van der Waals surface area contributed by atoms with E-state index in [-0.39, 0.29) is 24.5 Å². The molecule has 0 atom stereocenters. The maximum absolute atomic E-state index is 12.9. The molecule has 2 aromatic carbocycles. The van der Waals surface area contributed by atoms with Crippen LogP contribution in [-0.4, -0.2) is 56.8 Å². The van der Waals surface area contributed by atoms with Crippen LogP contribution in [0.4, 0.5) is 5.69 Å². The molecule has 1 aromatic heterocycles. The van der Waals surface area contributed by atoms with Crippen molar-refractivity contribution >= 4 is 17.5 Å². The van der Waals surface area contributed by atoms with E-state index < -0.39 is 0 Å². The van der Waals surface area contributed by atoms with E-state index in [2.05, 4.69) is 20.8 Å². The quantitative estimate of drug-likeness (QED) is 0.686. The van der Waals surface area contributed by atoms with Crippen LogP contribution >= 0.6 is 0 Å². The first-order chi connectivity index (χ1) is 15.2. The van der Waals surface area contributed by atoms with Gasteiger partial charge in [-0.3, -0.25) is 9.59 Å². The highest BCUT2D eigenvalue weighted by atomic mass is 16.7. The summed E-state index contributed by atoms with van der Waals surface area (Å²) >= 11 is 0. The maximum Gasteiger partial charge on any atom is 0.253 e.